The molecule has 0 aliphatic carbocycles. The van der Waals surface area contributed by atoms with Crippen LogP contribution >= 0.6 is 0 Å². The largest absolute Gasteiger partial charge is 0.466 e. The number of ether oxygens (including phenoxy) is 1. The van der Waals surface area contributed by atoms with Gasteiger partial charge in [0.15, 0.2) is 0 Å². The second-order valence-electron chi connectivity index (χ2n) is 5.11. The number of hydrogen-bond donors (Lipinski definition) is 0. The molecule has 0 heterocycles. The van der Waals surface area contributed by atoms with Crippen LogP contribution in [-0.4, -0.2) is 17.5 Å². The summed E-state index contributed by atoms with van der Waals surface area (Å²) in [6.45, 7) is 4.57. The maximum atomic E-state index is 11.8. The number of carbonyl (C=O) groups is 1. The maximum absolute atomic E-state index is 11.8. The van der Waals surface area contributed by atoms with Crippen LogP contribution in [0.15, 0.2) is 24.3 Å². The third kappa shape index (κ3) is 5.94. The minimum Gasteiger partial charge on any atom is -0.466 e. The molecule has 1 aromatic rings. The summed E-state index contributed by atoms with van der Waals surface area (Å²) in [7, 11) is 0. The van der Waals surface area contributed by atoms with Crippen molar-refractivity contribution in [3.63, 3.8) is 0 Å². The van der Waals surface area contributed by atoms with Gasteiger partial charge in [0.25, 0.3) is 5.69 Å². The smallest absolute Gasteiger partial charge is 0.306 e. The van der Waals surface area contributed by atoms with Crippen molar-refractivity contribution >= 4 is 11.7 Å². The lowest BCUT2D eigenvalue weighted by Crippen LogP contribution is -2.11. The molecule has 0 aromatic heterocycles. The van der Waals surface area contributed by atoms with E-state index >= 15 is 0 Å². The van der Waals surface area contributed by atoms with E-state index in [2.05, 4.69) is 6.92 Å². The predicted octanol–water partition coefficient (Wildman–Crippen LogP) is 4.21. The number of hydrogen-bond acceptors (Lipinski definition) is 4. The molecule has 0 aliphatic rings. The average molecular weight is 293 g/mol. The van der Waals surface area contributed by atoms with Crippen molar-refractivity contribution in [3.05, 3.63) is 39.9 Å². The van der Waals surface area contributed by atoms with Crippen LogP contribution < -0.4 is 0 Å². The summed E-state index contributed by atoms with van der Waals surface area (Å²) >= 11 is 0. The van der Waals surface area contributed by atoms with E-state index in [4.69, 9.17) is 4.74 Å². The molecule has 0 saturated heterocycles. The number of non-ortho nitro benzene ring substituents is 1. The maximum Gasteiger partial charge on any atom is 0.306 e. The van der Waals surface area contributed by atoms with Gasteiger partial charge in [0.05, 0.1) is 18.0 Å². The first-order chi connectivity index (χ1) is 10.1. The molecule has 0 spiro atoms. The van der Waals surface area contributed by atoms with Gasteiger partial charge in [-0.15, -0.1) is 0 Å². The summed E-state index contributed by atoms with van der Waals surface area (Å²) < 4.78 is 5.20. The molecular formula is C16H23NO4. The van der Waals surface area contributed by atoms with Crippen LogP contribution in [0.25, 0.3) is 0 Å². The number of nitro benzene ring substituents is 1. The van der Waals surface area contributed by atoms with Crippen LogP contribution in [0.4, 0.5) is 5.69 Å². The molecule has 0 N–H and O–H groups in total. The van der Waals surface area contributed by atoms with E-state index in [-0.39, 0.29) is 17.6 Å². The Morgan fingerprint density at radius 2 is 1.90 bits per heavy atom. The number of carbonyl (C=O) groups excluding carboxylic acids is 1. The number of rotatable bonds is 9. The van der Waals surface area contributed by atoms with Crippen molar-refractivity contribution in [1.82, 2.24) is 0 Å². The Morgan fingerprint density at radius 1 is 1.24 bits per heavy atom. The van der Waals surface area contributed by atoms with E-state index in [1.54, 1.807) is 12.1 Å². The molecule has 0 radical (unpaired) electrons. The van der Waals surface area contributed by atoms with Crippen LogP contribution in [0.3, 0.4) is 0 Å². The van der Waals surface area contributed by atoms with Gasteiger partial charge >= 0.3 is 5.97 Å². The lowest BCUT2D eigenvalue weighted by molar-refractivity contribution is -0.384. The van der Waals surface area contributed by atoms with Crippen molar-refractivity contribution < 1.29 is 14.5 Å². The molecule has 1 unspecified atom stereocenters. The van der Waals surface area contributed by atoms with Gasteiger partial charge in [0, 0.05) is 12.1 Å². The first-order valence-electron chi connectivity index (χ1n) is 7.48. The van der Waals surface area contributed by atoms with Crippen LogP contribution in [0.1, 0.15) is 57.4 Å². The number of unbranched alkanes of at least 4 members (excludes halogenated alkanes) is 1. The summed E-state index contributed by atoms with van der Waals surface area (Å²) in [6, 6.07) is 6.44. The van der Waals surface area contributed by atoms with Crippen LogP contribution in [0.5, 0.6) is 0 Å². The lowest BCUT2D eigenvalue weighted by Gasteiger charge is -2.15. The highest BCUT2D eigenvalue weighted by Crippen LogP contribution is 2.27. The minimum atomic E-state index is -0.419. The van der Waals surface area contributed by atoms with Crippen molar-refractivity contribution in [2.24, 2.45) is 0 Å². The van der Waals surface area contributed by atoms with Gasteiger partial charge in [0.2, 0.25) is 0 Å². The molecule has 0 amide bonds. The molecule has 5 heteroatoms. The lowest BCUT2D eigenvalue weighted by atomic mass is 9.91. The van der Waals surface area contributed by atoms with Crippen molar-refractivity contribution in [2.75, 3.05) is 6.61 Å². The Morgan fingerprint density at radius 3 is 2.43 bits per heavy atom. The third-order valence-corrected chi connectivity index (χ3v) is 3.39. The third-order valence-electron chi connectivity index (χ3n) is 3.39. The van der Waals surface area contributed by atoms with Gasteiger partial charge in [-0.3, -0.25) is 14.9 Å². The van der Waals surface area contributed by atoms with E-state index in [0.717, 1.165) is 31.2 Å². The highest BCUT2D eigenvalue weighted by Gasteiger charge is 2.17. The molecule has 0 aliphatic heterocycles. The second kappa shape index (κ2) is 9.10. The van der Waals surface area contributed by atoms with Crippen molar-refractivity contribution in [1.29, 1.82) is 0 Å². The highest BCUT2D eigenvalue weighted by molar-refractivity contribution is 5.70. The first-order valence-corrected chi connectivity index (χ1v) is 7.48. The molecule has 116 valence electrons. The number of nitrogens with zero attached hydrogens (tertiary/aromatic N) is 1. The quantitative estimate of drug-likeness (QED) is 0.296. The van der Waals surface area contributed by atoms with Gasteiger partial charge in [-0.05, 0) is 24.3 Å². The van der Waals surface area contributed by atoms with Gasteiger partial charge < -0.3 is 4.74 Å². The van der Waals surface area contributed by atoms with Crippen LogP contribution in [0.2, 0.25) is 0 Å². The van der Waals surface area contributed by atoms with Crippen LogP contribution in [-0.2, 0) is 9.53 Å². The Labute approximate surface area is 125 Å². The van der Waals surface area contributed by atoms with E-state index in [1.165, 1.54) is 12.1 Å². The molecule has 5 nitrogen and oxygen atoms in total. The molecule has 0 bridgehead atoms. The highest BCUT2D eigenvalue weighted by atomic mass is 16.6. The average Bonchev–Trinajstić information content (AvgIpc) is 2.47. The summed E-state index contributed by atoms with van der Waals surface area (Å²) in [5.74, 6) is -0.134. The fraction of sp³-hybridized carbons (Fsp3) is 0.562. The number of nitro groups is 1. The van der Waals surface area contributed by atoms with Gasteiger partial charge in [-0.1, -0.05) is 38.8 Å². The fourth-order valence-corrected chi connectivity index (χ4v) is 2.19. The van der Waals surface area contributed by atoms with Gasteiger partial charge in [-0.25, -0.2) is 0 Å². The first kappa shape index (κ1) is 17.1. The van der Waals surface area contributed by atoms with E-state index in [1.807, 2.05) is 6.92 Å². The normalized spacial score (nSPS) is 11.9. The zero-order valence-electron chi connectivity index (χ0n) is 12.7. The minimum absolute atomic E-state index is 0.0601. The molecule has 1 rings (SSSR count). The summed E-state index contributed by atoms with van der Waals surface area (Å²) in [5.41, 5.74) is 1.02. The van der Waals surface area contributed by atoms with E-state index in [0.29, 0.717) is 13.0 Å². The zero-order chi connectivity index (χ0) is 15.7. The molecule has 21 heavy (non-hydrogen) atoms. The standard InChI is InChI=1S/C16H23NO4/c1-3-5-11-21-16(18)12-14(6-4-2)13-7-9-15(10-8-13)17(19)20/h7-10,14H,3-6,11-12H2,1-2H3. The molecule has 1 aromatic carbocycles. The monoisotopic (exact) mass is 293 g/mol. The summed E-state index contributed by atoms with van der Waals surface area (Å²) in [4.78, 5) is 22.1. The van der Waals surface area contributed by atoms with E-state index < -0.39 is 4.92 Å². The molecule has 0 saturated carbocycles. The summed E-state index contributed by atoms with van der Waals surface area (Å²) in [6.07, 6.45) is 4.01. The molecule has 0 fully saturated rings. The Balaban J connectivity index is 2.67. The Bertz CT molecular complexity index is 456. The predicted molar refractivity (Wildman–Crippen MR) is 81.2 cm³/mol. The Kier molecular flexibility index (Phi) is 7.43. The van der Waals surface area contributed by atoms with E-state index in [9.17, 15) is 14.9 Å². The topological polar surface area (TPSA) is 69.4 Å². The summed E-state index contributed by atoms with van der Waals surface area (Å²) in [5, 5.41) is 10.7. The zero-order valence-corrected chi connectivity index (χ0v) is 12.7. The molecule has 1 atom stereocenters. The second-order valence-corrected chi connectivity index (χ2v) is 5.11. The van der Waals surface area contributed by atoms with Crippen molar-refractivity contribution in [3.8, 4) is 0 Å². The van der Waals surface area contributed by atoms with Gasteiger partial charge in [0.1, 0.15) is 0 Å². The fourth-order valence-electron chi connectivity index (χ4n) is 2.19. The number of esters is 1. The molecular weight excluding hydrogens is 270 g/mol. The Hall–Kier alpha value is -1.91. The van der Waals surface area contributed by atoms with Crippen LogP contribution in [0, 0.1) is 10.1 Å². The van der Waals surface area contributed by atoms with Gasteiger partial charge in [-0.2, -0.15) is 0 Å². The number of benzene rings is 1. The SMILES string of the molecule is CCCCOC(=O)CC(CCC)c1ccc([N+](=O)[O-])cc1. The van der Waals surface area contributed by atoms with Crippen molar-refractivity contribution in [2.45, 2.75) is 51.9 Å².